The first-order chi connectivity index (χ1) is 11.7. The van der Waals surface area contributed by atoms with Crippen molar-refractivity contribution in [2.24, 2.45) is 4.99 Å². The number of aliphatic imine (C=N–C) groups is 1. The van der Waals surface area contributed by atoms with Crippen LogP contribution in [0.5, 0.6) is 11.5 Å². The highest BCUT2D eigenvalue weighted by Gasteiger charge is 2.06. The van der Waals surface area contributed by atoms with Crippen molar-refractivity contribution in [3.8, 4) is 11.5 Å². The molecule has 7 heteroatoms. The second kappa shape index (κ2) is 15.1. The highest BCUT2D eigenvalue weighted by atomic mass is 127. The van der Waals surface area contributed by atoms with Gasteiger partial charge in [-0.05, 0) is 31.9 Å². The first-order valence-corrected chi connectivity index (χ1v) is 8.60. The van der Waals surface area contributed by atoms with Crippen LogP contribution in [0.25, 0.3) is 0 Å². The fourth-order valence-corrected chi connectivity index (χ4v) is 2.06. The number of rotatable bonds is 11. The number of hydrogen-bond donors (Lipinski definition) is 2. The number of methoxy groups -OCH3 is 2. The van der Waals surface area contributed by atoms with Gasteiger partial charge in [-0.1, -0.05) is 13.3 Å². The van der Waals surface area contributed by atoms with Crippen LogP contribution in [0.1, 0.15) is 33.1 Å². The molecule has 2 N–H and O–H groups in total. The summed E-state index contributed by atoms with van der Waals surface area (Å²) in [6.07, 6.45) is 3.19. The first kappa shape index (κ1) is 23.8. The van der Waals surface area contributed by atoms with E-state index in [1.54, 1.807) is 14.2 Å². The molecule has 0 fully saturated rings. The van der Waals surface area contributed by atoms with E-state index in [-0.39, 0.29) is 24.0 Å². The van der Waals surface area contributed by atoms with Gasteiger partial charge >= 0.3 is 0 Å². The number of nitrogens with one attached hydrogen (secondary N) is 2. The van der Waals surface area contributed by atoms with Crippen molar-refractivity contribution in [1.29, 1.82) is 0 Å². The zero-order valence-corrected chi connectivity index (χ0v) is 18.1. The van der Waals surface area contributed by atoms with Gasteiger partial charge in [0.25, 0.3) is 0 Å². The van der Waals surface area contributed by atoms with Crippen LogP contribution in [0.15, 0.2) is 23.2 Å². The maximum atomic E-state index is 5.55. The SMILES string of the molecule is CCCCOCCCN=C(NCC)Nc1ccc(OC)c(OC)c1.I. The van der Waals surface area contributed by atoms with E-state index in [1.165, 1.54) is 0 Å². The molecule has 0 amide bonds. The Hall–Kier alpha value is -1.22. The second-order valence-corrected chi connectivity index (χ2v) is 5.27. The lowest BCUT2D eigenvalue weighted by Crippen LogP contribution is -2.30. The van der Waals surface area contributed by atoms with Crippen LogP contribution in [-0.4, -0.2) is 46.5 Å². The molecule has 0 spiro atoms. The molecule has 0 saturated carbocycles. The molecule has 144 valence electrons. The highest BCUT2D eigenvalue weighted by molar-refractivity contribution is 14.0. The van der Waals surface area contributed by atoms with Crippen LogP contribution in [0.3, 0.4) is 0 Å². The number of anilines is 1. The van der Waals surface area contributed by atoms with E-state index in [0.717, 1.165) is 57.2 Å². The molecule has 0 unspecified atom stereocenters. The number of halogens is 1. The first-order valence-electron chi connectivity index (χ1n) is 8.60. The van der Waals surface area contributed by atoms with E-state index in [9.17, 15) is 0 Å². The lowest BCUT2D eigenvalue weighted by molar-refractivity contribution is 0.130. The molecule has 6 nitrogen and oxygen atoms in total. The lowest BCUT2D eigenvalue weighted by atomic mass is 10.3. The van der Waals surface area contributed by atoms with Gasteiger partial charge in [-0.3, -0.25) is 4.99 Å². The molecular formula is C18H32IN3O3. The van der Waals surface area contributed by atoms with Crippen LogP contribution in [-0.2, 0) is 4.74 Å². The summed E-state index contributed by atoms with van der Waals surface area (Å²) in [7, 11) is 3.25. The monoisotopic (exact) mass is 465 g/mol. The van der Waals surface area contributed by atoms with Crippen molar-refractivity contribution in [2.45, 2.75) is 33.1 Å². The van der Waals surface area contributed by atoms with Crippen LogP contribution in [0.4, 0.5) is 5.69 Å². The Balaban J connectivity index is 0.00000576. The molecule has 0 saturated heterocycles. The molecule has 0 aliphatic carbocycles. The zero-order chi connectivity index (χ0) is 17.6. The Bertz CT molecular complexity index is 498. The normalized spacial score (nSPS) is 10.8. The van der Waals surface area contributed by atoms with E-state index in [1.807, 2.05) is 25.1 Å². The van der Waals surface area contributed by atoms with Crippen molar-refractivity contribution < 1.29 is 14.2 Å². The number of nitrogens with zero attached hydrogens (tertiary/aromatic N) is 1. The average molecular weight is 465 g/mol. The predicted molar refractivity (Wildman–Crippen MR) is 115 cm³/mol. The molecule has 1 rings (SSSR count). The number of benzene rings is 1. The van der Waals surface area contributed by atoms with Gasteiger partial charge in [0, 0.05) is 38.1 Å². The third-order valence-electron chi connectivity index (χ3n) is 3.35. The number of ether oxygens (including phenoxy) is 3. The third-order valence-corrected chi connectivity index (χ3v) is 3.35. The molecule has 1 aromatic rings. The molecule has 0 heterocycles. The predicted octanol–water partition coefficient (Wildman–Crippen LogP) is 3.91. The van der Waals surface area contributed by atoms with Crippen molar-refractivity contribution in [1.82, 2.24) is 5.32 Å². The van der Waals surface area contributed by atoms with Crippen molar-refractivity contribution in [2.75, 3.05) is 45.8 Å². The van der Waals surface area contributed by atoms with Crippen LogP contribution < -0.4 is 20.1 Å². The lowest BCUT2D eigenvalue weighted by Gasteiger charge is -2.13. The Morgan fingerprint density at radius 2 is 1.76 bits per heavy atom. The highest BCUT2D eigenvalue weighted by Crippen LogP contribution is 2.29. The molecule has 0 bridgehead atoms. The molecule has 25 heavy (non-hydrogen) atoms. The van der Waals surface area contributed by atoms with Crippen LogP contribution in [0, 0.1) is 0 Å². The maximum Gasteiger partial charge on any atom is 0.195 e. The van der Waals surface area contributed by atoms with Gasteiger partial charge in [0.15, 0.2) is 17.5 Å². The maximum absolute atomic E-state index is 5.55. The summed E-state index contributed by atoms with van der Waals surface area (Å²) in [5.74, 6) is 2.13. The van der Waals surface area contributed by atoms with Crippen molar-refractivity contribution >= 4 is 35.6 Å². The summed E-state index contributed by atoms with van der Waals surface area (Å²) >= 11 is 0. The minimum Gasteiger partial charge on any atom is -0.493 e. The minimum atomic E-state index is 0. The minimum absolute atomic E-state index is 0. The summed E-state index contributed by atoms with van der Waals surface area (Å²) in [6, 6.07) is 5.69. The van der Waals surface area contributed by atoms with Gasteiger partial charge in [0.05, 0.1) is 14.2 Å². The van der Waals surface area contributed by atoms with Gasteiger partial charge in [-0.15, -0.1) is 24.0 Å². The summed E-state index contributed by atoms with van der Waals surface area (Å²) in [5.41, 5.74) is 0.895. The Kier molecular flexibility index (Phi) is 14.3. The van der Waals surface area contributed by atoms with Crippen molar-refractivity contribution in [3.05, 3.63) is 18.2 Å². The number of unbranched alkanes of at least 4 members (excludes halogenated alkanes) is 1. The summed E-state index contributed by atoms with van der Waals surface area (Å²) in [4.78, 5) is 4.57. The van der Waals surface area contributed by atoms with Gasteiger partial charge in [0.2, 0.25) is 0 Å². The molecule has 0 aliphatic heterocycles. The van der Waals surface area contributed by atoms with E-state index in [2.05, 4.69) is 22.5 Å². The fourth-order valence-electron chi connectivity index (χ4n) is 2.06. The van der Waals surface area contributed by atoms with E-state index < -0.39 is 0 Å². The summed E-state index contributed by atoms with van der Waals surface area (Å²) < 4.78 is 16.1. The zero-order valence-electron chi connectivity index (χ0n) is 15.8. The van der Waals surface area contributed by atoms with Crippen LogP contribution >= 0.6 is 24.0 Å². The Morgan fingerprint density at radius 3 is 2.40 bits per heavy atom. The van der Waals surface area contributed by atoms with E-state index in [4.69, 9.17) is 14.2 Å². The molecular weight excluding hydrogens is 433 g/mol. The van der Waals surface area contributed by atoms with E-state index >= 15 is 0 Å². The Morgan fingerprint density at radius 1 is 1.04 bits per heavy atom. The fraction of sp³-hybridized carbons (Fsp3) is 0.611. The average Bonchev–Trinajstić information content (AvgIpc) is 2.60. The van der Waals surface area contributed by atoms with Crippen molar-refractivity contribution in [3.63, 3.8) is 0 Å². The van der Waals surface area contributed by atoms with Crippen LogP contribution in [0.2, 0.25) is 0 Å². The topological polar surface area (TPSA) is 64.1 Å². The smallest absolute Gasteiger partial charge is 0.195 e. The molecule has 0 aromatic heterocycles. The van der Waals surface area contributed by atoms with Gasteiger partial charge in [0.1, 0.15) is 0 Å². The molecule has 0 aliphatic rings. The number of guanidine groups is 1. The molecule has 1 aromatic carbocycles. The number of hydrogen-bond acceptors (Lipinski definition) is 4. The molecule has 0 radical (unpaired) electrons. The summed E-state index contributed by atoms with van der Waals surface area (Å²) in [6.45, 7) is 7.31. The Labute approximate surface area is 168 Å². The van der Waals surface area contributed by atoms with Gasteiger partial charge < -0.3 is 24.8 Å². The van der Waals surface area contributed by atoms with Gasteiger partial charge in [-0.2, -0.15) is 0 Å². The largest absolute Gasteiger partial charge is 0.493 e. The van der Waals surface area contributed by atoms with E-state index in [0.29, 0.717) is 11.5 Å². The summed E-state index contributed by atoms with van der Waals surface area (Å²) in [5, 5.41) is 6.51. The quantitative estimate of drug-likeness (QED) is 0.225. The molecule has 0 atom stereocenters. The standard InChI is InChI=1S/C18H31N3O3.HI/c1-5-7-12-24-13-8-11-20-18(19-6-2)21-15-9-10-16(22-3)17(14-15)23-4;/h9-10,14H,5-8,11-13H2,1-4H3,(H2,19,20,21);1H. The third kappa shape index (κ3) is 9.74. The van der Waals surface area contributed by atoms with Gasteiger partial charge in [-0.25, -0.2) is 0 Å². The second-order valence-electron chi connectivity index (χ2n) is 5.27.